The SMILES string of the molecule is COc1ccc([N+](=O)[O-])cc1-c1ccc(C=C2C(=O)NC(=O)N(c3ccc(C)c(C)c3)C2=O)o1. The Bertz CT molecular complexity index is 1390. The summed E-state index contributed by atoms with van der Waals surface area (Å²) in [7, 11) is 1.42. The second kappa shape index (κ2) is 8.66. The number of methoxy groups -OCH3 is 1. The zero-order chi connectivity index (χ0) is 24.6. The number of non-ortho nitro benzene ring substituents is 1. The van der Waals surface area contributed by atoms with E-state index in [2.05, 4.69) is 5.32 Å². The lowest BCUT2D eigenvalue weighted by atomic mass is 10.1. The molecule has 1 aromatic heterocycles. The number of anilines is 1. The number of nitro groups is 1. The van der Waals surface area contributed by atoms with Crippen LogP contribution in [-0.4, -0.2) is 29.9 Å². The van der Waals surface area contributed by atoms with Crippen molar-refractivity contribution in [1.82, 2.24) is 5.32 Å². The molecule has 0 saturated carbocycles. The fraction of sp³-hybridized carbons (Fsp3) is 0.125. The molecule has 3 aromatic rings. The molecule has 0 spiro atoms. The Morgan fingerprint density at radius 2 is 1.79 bits per heavy atom. The minimum atomic E-state index is -0.860. The lowest BCUT2D eigenvalue weighted by Crippen LogP contribution is -2.54. The van der Waals surface area contributed by atoms with E-state index in [0.717, 1.165) is 16.0 Å². The molecule has 1 aliphatic heterocycles. The first-order chi connectivity index (χ1) is 16.2. The average Bonchev–Trinajstić information content (AvgIpc) is 3.27. The maximum Gasteiger partial charge on any atom is 0.335 e. The van der Waals surface area contributed by atoms with Crippen LogP contribution in [0.5, 0.6) is 5.75 Å². The number of hydrogen-bond acceptors (Lipinski definition) is 7. The number of ether oxygens (including phenoxy) is 1. The molecule has 172 valence electrons. The zero-order valence-electron chi connectivity index (χ0n) is 18.4. The highest BCUT2D eigenvalue weighted by Gasteiger charge is 2.37. The molecular formula is C24H19N3O7. The highest BCUT2D eigenvalue weighted by atomic mass is 16.6. The number of nitrogens with one attached hydrogen (secondary N) is 1. The number of rotatable bonds is 5. The van der Waals surface area contributed by atoms with Crippen molar-refractivity contribution in [2.75, 3.05) is 12.0 Å². The summed E-state index contributed by atoms with van der Waals surface area (Å²) in [6, 6.07) is 11.3. The van der Waals surface area contributed by atoms with Crippen LogP contribution in [0.1, 0.15) is 16.9 Å². The van der Waals surface area contributed by atoms with Gasteiger partial charge in [0.05, 0.1) is 23.3 Å². The quantitative estimate of drug-likeness (QED) is 0.261. The van der Waals surface area contributed by atoms with Gasteiger partial charge in [-0.25, -0.2) is 9.69 Å². The Morgan fingerprint density at radius 1 is 1.03 bits per heavy atom. The number of nitrogens with zero attached hydrogens (tertiary/aromatic N) is 2. The van der Waals surface area contributed by atoms with Crippen molar-refractivity contribution in [3.8, 4) is 17.1 Å². The molecule has 0 unspecified atom stereocenters. The first-order valence-electron chi connectivity index (χ1n) is 10.1. The number of barbiturate groups is 1. The molecular weight excluding hydrogens is 442 g/mol. The Balaban J connectivity index is 1.71. The van der Waals surface area contributed by atoms with Crippen molar-refractivity contribution in [3.05, 3.63) is 81.1 Å². The van der Waals surface area contributed by atoms with E-state index < -0.39 is 22.8 Å². The second-order valence-electron chi connectivity index (χ2n) is 7.57. The number of aryl methyl sites for hydroxylation is 2. The summed E-state index contributed by atoms with van der Waals surface area (Å²) in [5.41, 5.74) is 2.06. The number of nitro benzene ring substituents is 1. The van der Waals surface area contributed by atoms with Gasteiger partial charge in [-0.3, -0.25) is 25.0 Å². The predicted molar refractivity (Wildman–Crippen MR) is 122 cm³/mol. The van der Waals surface area contributed by atoms with Crippen molar-refractivity contribution >= 4 is 35.3 Å². The minimum Gasteiger partial charge on any atom is -0.496 e. The normalized spacial score (nSPS) is 15.0. The lowest BCUT2D eigenvalue weighted by Gasteiger charge is -2.26. The van der Waals surface area contributed by atoms with Crippen molar-refractivity contribution in [2.24, 2.45) is 0 Å². The van der Waals surface area contributed by atoms with Gasteiger partial charge in [-0.2, -0.15) is 0 Å². The van der Waals surface area contributed by atoms with Gasteiger partial charge < -0.3 is 9.15 Å². The van der Waals surface area contributed by atoms with E-state index in [1.165, 1.54) is 43.5 Å². The van der Waals surface area contributed by atoms with Gasteiger partial charge in [0.2, 0.25) is 0 Å². The van der Waals surface area contributed by atoms with Gasteiger partial charge in [0.15, 0.2) is 0 Å². The summed E-state index contributed by atoms with van der Waals surface area (Å²) in [5, 5.41) is 13.3. The third-order valence-electron chi connectivity index (χ3n) is 5.42. The van der Waals surface area contributed by atoms with E-state index in [9.17, 15) is 24.5 Å². The molecule has 1 aliphatic rings. The van der Waals surface area contributed by atoms with Gasteiger partial charge in [0, 0.05) is 12.1 Å². The van der Waals surface area contributed by atoms with Crippen molar-refractivity contribution in [3.63, 3.8) is 0 Å². The van der Waals surface area contributed by atoms with E-state index in [0.29, 0.717) is 17.0 Å². The summed E-state index contributed by atoms with van der Waals surface area (Å²) in [4.78, 5) is 49.4. The third kappa shape index (κ3) is 4.04. The van der Waals surface area contributed by atoms with Gasteiger partial charge in [0.1, 0.15) is 22.8 Å². The Labute approximate surface area is 193 Å². The first kappa shape index (κ1) is 22.5. The van der Waals surface area contributed by atoms with Crippen LogP contribution in [0.25, 0.3) is 17.4 Å². The molecule has 0 atom stereocenters. The topological polar surface area (TPSA) is 132 Å². The fourth-order valence-electron chi connectivity index (χ4n) is 3.48. The van der Waals surface area contributed by atoms with E-state index in [1.54, 1.807) is 18.2 Å². The molecule has 2 heterocycles. The van der Waals surface area contributed by atoms with Crippen LogP contribution < -0.4 is 15.0 Å². The smallest absolute Gasteiger partial charge is 0.335 e. The van der Waals surface area contributed by atoms with Crippen LogP contribution in [0, 0.1) is 24.0 Å². The first-order valence-corrected chi connectivity index (χ1v) is 10.1. The molecule has 1 saturated heterocycles. The van der Waals surface area contributed by atoms with Crippen LogP contribution in [-0.2, 0) is 9.59 Å². The Hall–Kier alpha value is -4.73. The van der Waals surface area contributed by atoms with E-state index in [4.69, 9.17) is 9.15 Å². The predicted octanol–water partition coefficient (Wildman–Crippen LogP) is 4.15. The lowest BCUT2D eigenvalue weighted by molar-refractivity contribution is -0.384. The molecule has 4 rings (SSSR count). The summed E-state index contributed by atoms with van der Waals surface area (Å²) in [5.74, 6) is -0.949. The number of carbonyl (C=O) groups is 3. The van der Waals surface area contributed by atoms with Crippen molar-refractivity contribution in [2.45, 2.75) is 13.8 Å². The van der Waals surface area contributed by atoms with Crippen LogP contribution >= 0.6 is 0 Å². The van der Waals surface area contributed by atoms with E-state index in [-0.39, 0.29) is 22.8 Å². The molecule has 10 heteroatoms. The number of carbonyl (C=O) groups excluding carboxylic acids is 3. The average molecular weight is 461 g/mol. The largest absolute Gasteiger partial charge is 0.496 e. The van der Waals surface area contributed by atoms with Crippen LogP contribution in [0.15, 0.2) is 58.5 Å². The molecule has 4 amide bonds. The van der Waals surface area contributed by atoms with Gasteiger partial charge >= 0.3 is 6.03 Å². The van der Waals surface area contributed by atoms with Gasteiger partial charge in [-0.15, -0.1) is 0 Å². The number of hydrogen-bond donors (Lipinski definition) is 1. The molecule has 1 fully saturated rings. The number of urea groups is 1. The van der Waals surface area contributed by atoms with Crippen molar-refractivity contribution in [1.29, 1.82) is 0 Å². The summed E-state index contributed by atoms with van der Waals surface area (Å²) < 4.78 is 11.0. The monoisotopic (exact) mass is 461 g/mol. The molecule has 0 aliphatic carbocycles. The summed E-state index contributed by atoms with van der Waals surface area (Å²) >= 11 is 0. The maximum absolute atomic E-state index is 13.1. The van der Waals surface area contributed by atoms with Gasteiger partial charge in [0.25, 0.3) is 17.5 Å². The Morgan fingerprint density at radius 3 is 2.47 bits per heavy atom. The number of furan rings is 1. The number of imide groups is 2. The number of amides is 4. The Kier molecular flexibility index (Phi) is 5.72. The summed E-state index contributed by atoms with van der Waals surface area (Å²) in [6.07, 6.45) is 1.21. The molecule has 34 heavy (non-hydrogen) atoms. The highest BCUT2D eigenvalue weighted by Crippen LogP contribution is 2.35. The van der Waals surface area contributed by atoms with Gasteiger partial charge in [-0.05, 0) is 61.4 Å². The second-order valence-corrected chi connectivity index (χ2v) is 7.57. The molecule has 2 aromatic carbocycles. The third-order valence-corrected chi connectivity index (χ3v) is 5.42. The molecule has 1 N–H and O–H groups in total. The molecule has 10 nitrogen and oxygen atoms in total. The van der Waals surface area contributed by atoms with Crippen LogP contribution in [0.4, 0.5) is 16.2 Å². The highest BCUT2D eigenvalue weighted by molar-refractivity contribution is 6.39. The van der Waals surface area contributed by atoms with Gasteiger partial charge in [-0.1, -0.05) is 6.07 Å². The zero-order valence-corrected chi connectivity index (χ0v) is 18.4. The molecule has 0 radical (unpaired) electrons. The minimum absolute atomic E-state index is 0.136. The molecule has 0 bridgehead atoms. The standard InChI is InChI=1S/C24H19N3O7/c1-13-4-5-15(10-14(13)2)26-23(29)19(22(28)25-24(26)30)12-17-7-9-21(34-17)18-11-16(27(31)32)6-8-20(18)33-3/h4-12H,1-3H3,(H,25,28,30). The van der Waals surface area contributed by atoms with Crippen LogP contribution in [0.2, 0.25) is 0 Å². The van der Waals surface area contributed by atoms with Crippen LogP contribution in [0.3, 0.4) is 0 Å². The summed E-state index contributed by atoms with van der Waals surface area (Å²) in [6.45, 7) is 3.75. The fourth-order valence-corrected chi connectivity index (χ4v) is 3.48. The number of benzene rings is 2. The maximum atomic E-state index is 13.1. The van der Waals surface area contributed by atoms with E-state index >= 15 is 0 Å². The van der Waals surface area contributed by atoms with Crippen molar-refractivity contribution < 1.29 is 28.5 Å². The van der Waals surface area contributed by atoms with E-state index in [1.807, 2.05) is 13.8 Å².